The zero-order valence-electron chi connectivity index (χ0n) is 11.4. The fourth-order valence-corrected chi connectivity index (χ4v) is 1.59. The van der Waals surface area contributed by atoms with Gasteiger partial charge in [0.05, 0.1) is 6.61 Å². The zero-order chi connectivity index (χ0) is 15.7. The molecule has 1 aromatic carbocycles. The number of rotatable bonds is 6. The summed E-state index contributed by atoms with van der Waals surface area (Å²) in [5, 5.41) is 14.1. The number of amides is 1. The maximum absolute atomic E-state index is 11.9. The quantitative estimate of drug-likeness (QED) is 0.464. The van der Waals surface area contributed by atoms with E-state index in [1.165, 1.54) is 6.20 Å². The first-order chi connectivity index (χ1) is 10.1. The van der Waals surface area contributed by atoms with Crippen LogP contribution in [0.25, 0.3) is 0 Å². The van der Waals surface area contributed by atoms with Crippen molar-refractivity contribution >= 4 is 33.5 Å². The van der Waals surface area contributed by atoms with Gasteiger partial charge in [0, 0.05) is 16.4 Å². The van der Waals surface area contributed by atoms with E-state index in [1.54, 1.807) is 37.3 Å². The van der Waals surface area contributed by atoms with Crippen LogP contribution in [0, 0.1) is 11.3 Å². The van der Waals surface area contributed by atoms with Gasteiger partial charge in [-0.25, -0.2) is 0 Å². The highest BCUT2D eigenvalue weighted by Crippen LogP contribution is 2.14. The molecule has 2 N–H and O–H groups in total. The normalized spacial score (nSPS) is 10.4. The minimum absolute atomic E-state index is 0.107. The van der Waals surface area contributed by atoms with E-state index >= 15 is 0 Å². The minimum Gasteiger partial charge on any atom is -0.465 e. The van der Waals surface area contributed by atoms with Crippen molar-refractivity contribution in [1.82, 2.24) is 5.32 Å². The standard InChI is InChI=1S/C14H14BrN3O3/c1-2-21-13(19)9-17-8-10(7-16)14(20)18-12-5-3-11(15)4-6-12/h3-6,8,17H,2,9H2,1H3,(H,18,20)/b10-8-. The molecule has 0 saturated carbocycles. The van der Waals surface area contributed by atoms with Gasteiger partial charge in [0.25, 0.3) is 5.91 Å². The number of carbonyl (C=O) groups excluding carboxylic acids is 2. The number of carbonyl (C=O) groups is 2. The number of nitrogens with one attached hydrogen (secondary N) is 2. The topological polar surface area (TPSA) is 91.2 Å². The Kier molecular flexibility index (Phi) is 6.98. The lowest BCUT2D eigenvalue weighted by Crippen LogP contribution is -2.22. The lowest BCUT2D eigenvalue weighted by atomic mass is 10.2. The Bertz CT molecular complexity index is 576. The molecule has 0 atom stereocenters. The van der Waals surface area contributed by atoms with Crippen LogP contribution in [0.1, 0.15) is 6.92 Å². The highest BCUT2D eigenvalue weighted by molar-refractivity contribution is 9.10. The summed E-state index contributed by atoms with van der Waals surface area (Å²) in [5.74, 6) is -1.02. The van der Waals surface area contributed by atoms with Crippen molar-refractivity contribution < 1.29 is 14.3 Å². The summed E-state index contributed by atoms with van der Waals surface area (Å²) < 4.78 is 5.59. The van der Waals surface area contributed by atoms with Gasteiger partial charge in [-0.15, -0.1) is 0 Å². The molecule has 110 valence electrons. The second-order valence-electron chi connectivity index (χ2n) is 3.82. The number of halogens is 1. The monoisotopic (exact) mass is 351 g/mol. The van der Waals surface area contributed by atoms with Crippen LogP contribution in [0.4, 0.5) is 5.69 Å². The molecule has 0 aliphatic heterocycles. The summed E-state index contributed by atoms with van der Waals surface area (Å²) in [6.07, 6.45) is 1.19. The second-order valence-corrected chi connectivity index (χ2v) is 4.73. The van der Waals surface area contributed by atoms with Crippen molar-refractivity contribution in [3.05, 3.63) is 40.5 Å². The first-order valence-electron chi connectivity index (χ1n) is 6.13. The number of nitriles is 1. The summed E-state index contributed by atoms with van der Waals surface area (Å²) in [7, 11) is 0. The third-order valence-corrected chi connectivity index (χ3v) is 2.79. The average molecular weight is 352 g/mol. The average Bonchev–Trinajstić information content (AvgIpc) is 2.46. The Balaban J connectivity index is 2.58. The molecule has 0 fully saturated rings. The smallest absolute Gasteiger partial charge is 0.325 e. The molecule has 6 nitrogen and oxygen atoms in total. The van der Waals surface area contributed by atoms with Gasteiger partial charge < -0.3 is 15.4 Å². The molecular formula is C14H14BrN3O3. The van der Waals surface area contributed by atoms with E-state index in [2.05, 4.69) is 26.6 Å². The van der Waals surface area contributed by atoms with Gasteiger partial charge in [-0.1, -0.05) is 15.9 Å². The molecule has 1 aromatic rings. The molecule has 0 radical (unpaired) electrons. The van der Waals surface area contributed by atoms with E-state index in [0.29, 0.717) is 5.69 Å². The molecule has 0 aliphatic rings. The highest BCUT2D eigenvalue weighted by atomic mass is 79.9. The maximum atomic E-state index is 11.9. The first-order valence-corrected chi connectivity index (χ1v) is 6.92. The summed E-state index contributed by atoms with van der Waals surface area (Å²) >= 11 is 3.28. The minimum atomic E-state index is -0.559. The predicted molar refractivity (Wildman–Crippen MR) is 81.1 cm³/mol. The van der Waals surface area contributed by atoms with Gasteiger partial charge >= 0.3 is 5.97 Å². The molecule has 0 saturated heterocycles. The number of esters is 1. The third-order valence-electron chi connectivity index (χ3n) is 2.27. The molecule has 1 rings (SSSR count). The van der Waals surface area contributed by atoms with Gasteiger partial charge in [-0.3, -0.25) is 9.59 Å². The second kappa shape index (κ2) is 8.76. The Hall–Kier alpha value is -2.33. The van der Waals surface area contributed by atoms with E-state index in [0.717, 1.165) is 4.47 Å². The summed E-state index contributed by atoms with van der Waals surface area (Å²) in [6.45, 7) is 1.87. The summed E-state index contributed by atoms with van der Waals surface area (Å²) in [4.78, 5) is 23.0. The zero-order valence-corrected chi connectivity index (χ0v) is 12.9. The fraction of sp³-hybridized carbons (Fsp3) is 0.214. The summed E-state index contributed by atoms with van der Waals surface area (Å²) in [6, 6.07) is 8.70. The Morgan fingerprint density at radius 3 is 2.62 bits per heavy atom. The number of nitrogens with zero attached hydrogens (tertiary/aromatic N) is 1. The molecule has 0 aliphatic carbocycles. The van der Waals surface area contributed by atoms with Gasteiger partial charge in [0.2, 0.25) is 0 Å². The van der Waals surface area contributed by atoms with Crippen LogP contribution in [0.5, 0.6) is 0 Å². The predicted octanol–water partition coefficient (Wildman–Crippen LogP) is 1.95. The fourth-order valence-electron chi connectivity index (χ4n) is 1.33. The van der Waals surface area contributed by atoms with Crippen LogP contribution in [-0.2, 0) is 14.3 Å². The molecular weight excluding hydrogens is 338 g/mol. The van der Waals surface area contributed by atoms with E-state index in [-0.39, 0.29) is 18.7 Å². The molecule has 0 spiro atoms. The number of ether oxygens (including phenoxy) is 1. The van der Waals surface area contributed by atoms with Crippen molar-refractivity contribution in [2.75, 3.05) is 18.5 Å². The molecule has 0 heterocycles. The van der Waals surface area contributed by atoms with Crippen molar-refractivity contribution in [1.29, 1.82) is 5.26 Å². The van der Waals surface area contributed by atoms with Crippen molar-refractivity contribution in [3.8, 4) is 6.07 Å². The number of hydrogen-bond donors (Lipinski definition) is 2. The molecule has 0 unspecified atom stereocenters. The third kappa shape index (κ3) is 6.10. The van der Waals surface area contributed by atoms with Crippen LogP contribution in [0.3, 0.4) is 0 Å². The molecule has 7 heteroatoms. The van der Waals surface area contributed by atoms with Gasteiger partial charge in [0.1, 0.15) is 18.2 Å². The van der Waals surface area contributed by atoms with Crippen LogP contribution in [0.15, 0.2) is 40.5 Å². The van der Waals surface area contributed by atoms with Crippen molar-refractivity contribution in [2.24, 2.45) is 0 Å². The molecule has 0 aromatic heterocycles. The lowest BCUT2D eigenvalue weighted by Gasteiger charge is -2.05. The summed E-state index contributed by atoms with van der Waals surface area (Å²) in [5.41, 5.74) is 0.428. The Morgan fingerprint density at radius 2 is 2.05 bits per heavy atom. The largest absolute Gasteiger partial charge is 0.465 e. The Labute approximate surface area is 130 Å². The SMILES string of the molecule is CCOC(=O)CN/C=C(/C#N)C(=O)Nc1ccc(Br)cc1. The van der Waals surface area contributed by atoms with Crippen molar-refractivity contribution in [3.63, 3.8) is 0 Å². The van der Waals surface area contributed by atoms with E-state index < -0.39 is 11.9 Å². The van der Waals surface area contributed by atoms with Gasteiger partial charge in [-0.05, 0) is 31.2 Å². The van der Waals surface area contributed by atoms with Crippen molar-refractivity contribution in [2.45, 2.75) is 6.92 Å². The van der Waals surface area contributed by atoms with E-state index in [9.17, 15) is 9.59 Å². The highest BCUT2D eigenvalue weighted by Gasteiger charge is 2.09. The van der Waals surface area contributed by atoms with Crippen LogP contribution in [0.2, 0.25) is 0 Å². The van der Waals surface area contributed by atoms with Gasteiger partial charge in [-0.2, -0.15) is 5.26 Å². The lowest BCUT2D eigenvalue weighted by molar-refractivity contribution is -0.141. The molecule has 21 heavy (non-hydrogen) atoms. The number of hydrogen-bond acceptors (Lipinski definition) is 5. The van der Waals surface area contributed by atoms with Crippen LogP contribution >= 0.6 is 15.9 Å². The first kappa shape index (κ1) is 16.7. The van der Waals surface area contributed by atoms with E-state index in [1.807, 2.05) is 0 Å². The molecule has 0 bridgehead atoms. The number of anilines is 1. The van der Waals surface area contributed by atoms with E-state index in [4.69, 9.17) is 10.00 Å². The van der Waals surface area contributed by atoms with Crippen LogP contribution < -0.4 is 10.6 Å². The number of benzene rings is 1. The van der Waals surface area contributed by atoms with Crippen LogP contribution in [-0.4, -0.2) is 25.0 Å². The maximum Gasteiger partial charge on any atom is 0.325 e. The van der Waals surface area contributed by atoms with Gasteiger partial charge in [0.15, 0.2) is 0 Å². The molecule has 1 amide bonds. The Morgan fingerprint density at radius 1 is 1.38 bits per heavy atom.